The average Bonchev–Trinajstić information content (AvgIpc) is 3.38. The van der Waals surface area contributed by atoms with Gasteiger partial charge in [0.15, 0.2) is 0 Å². The van der Waals surface area contributed by atoms with Crippen LogP contribution in [0.5, 0.6) is 0 Å². The van der Waals surface area contributed by atoms with E-state index in [9.17, 15) is 9.59 Å². The highest BCUT2D eigenvalue weighted by Crippen LogP contribution is 2.38. The fourth-order valence-corrected chi connectivity index (χ4v) is 5.94. The van der Waals surface area contributed by atoms with Gasteiger partial charge in [-0.15, -0.1) is 0 Å². The van der Waals surface area contributed by atoms with Crippen molar-refractivity contribution < 1.29 is 9.59 Å². The maximum absolute atomic E-state index is 12.8. The first-order chi connectivity index (χ1) is 17.2. The van der Waals surface area contributed by atoms with Crippen molar-refractivity contribution in [2.75, 3.05) is 26.2 Å². The van der Waals surface area contributed by atoms with Gasteiger partial charge in [0.1, 0.15) is 0 Å². The zero-order chi connectivity index (χ0) is 25.6. The van der Waals surface area contributed by atoms with Crippen LogP contribution in [0.3, 0.4) is 0 Å². The second-order valence-corrected chi connectivity index (χ2v) is 10.8. The van der Waals surface area contributed by atoms with Gasteiger partial charge in [-0.1, -0.05) is 19.9 Å². The Morgan fingerprint density at radius 3 is 2.39 bits per heavy atom. The summed E-state index contributed by atoms with van der Waals surface area (Å²) in [6, 6.07) is 10.7. The number of H-pyrrole nitrogens is 1. The summed E-state index contributed by atoms with van der Waals surface area (Å²) in [5.41, 5.74) is 14.1. The van der Waals surface area contributed by atoms with Crippen LogP contribution in [0.2, 0.25) is 0 Å². The Labute approximate surface area is 213 Å². The minimum absolute atomic E-state index is 0.0339. The van der Waals surface area contributed by atoms with Gasteiger partial charge in [0, 0.05) is 47.5 Å². The number of pyridine rings is 1. The molecule has 4 heterocycles. The highest BCUT2D eigenvalue weighted by molar-refractivity contribution is 5.92. The molecule has 2 aliphatic heterocycles. The van der Waals surface area contributed by atoms with E-state index in [1.165, 1.54) is 27.8 Å². The van der Waals surface area contributed by atoms with Crippen LogP contribution < -0.4 is 5.73 Å². The van der Waals surface area contributed by atoms with E-state index in [4.69, 9.17) is 5.73 Å². The Morgan fingerprint density at radius 2 is 1.78 bits per heavy atom. The third kappa shape index (κ3) is 4.64. The summed E-state index contributed by atoms with van der Waals surface area (Å²) < 4.78 is 0. The van der Waals surface area contributed by atoms with E-state index in [-0.39, 0.29) is 18.4 Å². The number of benzene rings is 1. The molecule has 2 aromatic heterocycles. The van der Waals surface area contributed by atoms with E-state index in [1.54, 1.807) is 4.90 Å². The van der Waals surface area contributed by atoms with Gasteiger partial charge in [-0.2, -0.15) is 0 Å². The Bertz CT molecular complexity index is 1280. The van der Waals surface area contributed by atoms with E-state index in [0.29, 0.717) is 24.8 Å². The molecule has 3 aromatic rings. The number of nitrogens with one attached hydrogen (secondary N) is 1. The van der Waals surface area contributed by atoms with Crippen molar-refractivity contribution >= 4 is 22.7 Å². The molecular weight excluding hydrogens is 450 g/mol. The average molecular weight is 488 g/mol. The minimum atomic E-state index is -0.449. The normalized spacial score (nSPS) is 19.2. The summed E-state index contributed by atoms with van der Waals surface area (Å²) in [4.78, 5) is 36.7. The van der Waals surface area contributed by atoms with Crippen LogP contribution in [0.25, 0.3) is 22.2 Å². The number of aromatic nitrogens is 2. The number of piperidine rings is 1. The number of rotatable bonds is 5. The largest absolute Gasteiger partial charge is 0.354 e. The van der Waals surface area contributed by atoms with E-state index < -0.39 is 6.04 Å². The van der Waals surface area contributed by atoms with Crippen molar-refractivity contribution in [3.05, 3.63) is 52.8 Å². The molecule has 0 radical (unpaired) electrons. The first-order valence-corrected chi connectivity index (χ1v) is 13.1. The van der Waals surface area contributed by atoms with Crippen LogP contribution in [-0.4, -0.2) is 63.8 Å². The van der Waals surface area contributed by atoms with Crippen LogP contribution in [-0.2, 0) is 9.59 Å². The summed E-state index contributed by atoms with van der Waals surface area (Å²) >= 11 is 0. The van der Waals surface area contributed by atoms with E-state index in [2.05, 4.69) is 54.1 Å². The van der Waals surface area contributed by atoms with E-state index >= 15 is 0 Å². The van der Waals surface area contributed by atoms with Gasteiger partial charge in [0.2, 0.25) is 11.8 Å². The molecule has 2 amide bonds. The standard InChI is InChI=1S/C29H37N5O2/c1-17(2)27-23-15-21(5-6-25(23)32-28(27)22-13-18(3)31-19(4)14-22)20-7-10-33(11-8-20)26(35)16-34-12-9-24(30)29(34)36/h5-6,13-15,17,20,24,32H,7-12,16,30H2,1-4H3/t24-/m1/s1. The first kappa shape index (κ1) is 24.5. The predicted molar refractivity (Wildman–Crippen MR) is 143 cm³/mol. The van der Waals surface area contributed by atoms with Crippen LogP contribution in [0.4, 0.5) is 0 Å². The second kappa shape index (κ2) is 9.69. The third-order valence-corrected chi connectivity index (χ3v) is 7.79. The van der Waals surface area contributed by atoms with Crippen molar-refractivity contribution in [2.24, 2.45) is 5.73 Å². The molecule has 190 valence electrons. The maximum atomic E-state index is 12.8. The quantitative estimate of drug-likeness (QED) is 0.563. The van der Waals surface area contributed by atoms with Crippen molar-refractivity contribution in [1.82, 2.24) is 19.8 Å². The van der Waals surface area contributed by atoms with Crippen molar-refractivity contribution in [2.45, 2.75) is 64.8 Å². The van der Waals surface area contributed by atoms with Gasteiger partial charge in [-0.25, -0.2) is 0 Å². The molecule has 0 unspecified atom stereocenters. The predicted octanol–water partition coefficient (Wildman–Crippen LogP) is 4.24. The zero-order valence-corrected chi connectivity index (χ0v) is 21.8. The van der Waals surface area contributed by atoms with Gasteiger partial charge in [0.05, 0.1) is 18.3 Å². The second-order valence-electron chi connectivity index (χ2n) is 10.8. The molecule has 3 N–H and O–H groups in total. The Kier molecular flexibility index (Phi) is 6.60. The number of hydrogen-bond donors (Lipinski definition) is 2. The summed E-state index contributed by atoms with van der Waals surface area (Å²) in [5.74, 6) is 0.727. The molecular formula is C29H37N5O2. The van der Waals surface area contributed by atoms with Crippen molar-refractivity contribution in [3.8, 4) is 11.3 Å². The molecule has 0 bridgehead atoms. The lowest BCUT2D eigenvalue weighted by Crippen LogP contribution is -2.45. The number of carbonyl (C=O) groups is 2. The minimum Gasteiger partial charge on any atom is -0.354 e. The summed E-state index contributed by atoms with van der Waals surface area (Å²) in [6.45, 7) is 10.8. The van der Waals surface area contributed by atoms with Gasteiger partial charge in [0.25, 0.3) is 0 Å². The van der Waals surface area contributed by atoms with Crippen molar-refractivity contribution in [1.29, 1.82) is 0 Å². The van der Waals surface area contributed by atoms with Gasteiger partial charge in [-0.05, 0) is 80.3 Å². The summed E-state index contributed by atoms with van der Waals surface area (Å²) in [7, 11) is 0. The molecule has 1 aromatic carbocycles. The molecule has 7 nitrogen and oxygen atoms in total. The number of amides is 2. The smallest absolute Gasteiger partial charge is 0.242 e. The van der Waals surface area contributed by atoms with Crippen LogP contribution in [0, 0.1) is 13.8 Å². The molecule has 2 aliphatic rings. The molecule has 0 spiro atoms. The topological polar surface area (TPSA) is 95.3 Å². The molecule has 36 heavy (non-hydrogen) atoms. The number of hydrogen-bond acceptors (Lipinski definition) is 4. The first-order valence-electron chi connectivity index (χ1n) is 13.1. The molecule has 0 saturated carbocycles. The lowest BCUT2D eigenvalue weighted by Gasteiger charge is -2.33. The molecule has 0 aliphatic carbocycles. The van der Waals surface area contributed by atoms with Crippen LogP contribution >= 0.6 is 0 Å². The van der Waals surface area contributed by atoms with Crippen molar-refractivity contribution in [3.63, 3.8) is 0 Å². The summed E-state index contributed by atoms with van der Waals surface area (Å²) in [5, 5.41) is 1.28. The number of carbonyl (C=O) groups excluding carboxylic acids is 2. The molecule has 5 rings (SSSR count). The monoisotopic (exact) mass is 487 g/mol. The zero-order valence-electron chi connectivity index (χ0n) is 21.8. The number of likely N-dealkylation sites (tertiary alicyclic amines) is 2. The Morgan fingerprint density at radius 1 is 1.08 bits per heavy atom. The van der Waals surface area contributed by atoms with Crippen LogP contribution in [0.1, 0.15) is 67.5 Å². The summed E-state index contributed by atoms with van der Waals surface area (Å²) in [6.07, 6.45) is 2.50. The van der Waals surface area contributed by atoms with Gasteiger partial charge >= 0.3 is 0 Å². The maximum Gasteiger partial charge on any atom is 0.242 e. The molecule has 2 saturated heterocycles. The molecule has 2 fully saturated rings. The van der Waals surface area contributed by atoms with Gasteiger partial charge < -0.3 is 20.5 Å². The lowest BCUT2D eigenvalue weighted by atomic mass is 9.87. The molecule has 1 atom stereocenters. The number of fused-ring (bicyclic) bond motifs is 1. The molecule has 7 heteroatoms. The third-order valence-electron chi connectivity index (χ3n) is 7.79. The number of nitrogens with two attached hydrogens (primary N) is 1. The number of aromatic amines is 1. The fraction of sp³-hybridized carbons (Fsp3) is 0.483. The SMILES string of the molecule is Cc1cc(-c2[nH]c3ccc(C4CCN(C(=O)CN5CC[C@@H](N)C5=O)CC4)cc3c2C(C)C)cc(C)n1. The van der Waals surface area contributed by atoms with E-state index in [0.717, 1.165) is 42.8 Å². The Hall–Kier alpha value is -3.19. The van der Waals surface area contributed by atoms with E-state index in [1.807, 2.05) is 18.7 Å². The van der Waals surface area contributed by atoms with Crippen LogP contribution in [0.15, 0.2) is 30.3 Å². The highest BCUT2D eigenvalue weighted by Gasteiger charge is 2.32. The highest BCUT2D eigenvalue weighted by atomic mass is 16.2. The van der Waals surface area contributed by atoms with Gasteiger partial charge in [-0.3, -0.25) is 14.6 Å². The Balaban J connectivity index is 1.34. The number of aryl methyl sites for hydroxylation is 2. The fourth-order valence-electron chi connectivity index (χ4n) is 5.94. The number of nitrogens with zero attached hydrogens (tertiary/aromatic N) is 3. The lowest BCUT2D eigenvalue weighted by molar-refractivity contribution is -0.139.